The highest BCUT2D eigenvalue weighted by atomic mass is 79.9. The largest absolute Gasteiger partial charge is 0.487 e. The Morgan fingerprint density at radius 3 is 2.75 bits per heavy atom. The summed E-state index contributed by atoms with van der Waals surface area (Å²) in [5.74, 6) is 1.32. The van der Waals surface area contributed by atoms with Gasteiger partial charge in [-0.25, -0.2) is 0 Å². The molecule has 0 radical (unpaired) electrons. The van der Waals surface area contributed by atoms with Gasteiger partial charge >= 0.3 is 0 Å². The molecule has 0 saturated carbocycles. The van der Waals surface area contributed by atoms with Gasteiger partial charge < -0.3 is 14.8 Å². The standard InChI is InChI=1S/C23H22BrNO3/c1-23(2)13-18(17-9-5-6-10-19(17)28-23)25-21(26)14-27-20-12-11-15-7-3-4-8-16(15)22(20)24/h3-12,18H,13-14H2,1-2H3,(H,25,26)/t18-/m0/s1. The fourth-order valence-corrected chi connectivity index (χ4v) is 4.24. The van der Waals surface area contributed by atoms with Crippen LogP contribution in [0.1, 0.15) is 31.9 Å². The smallest absolute Gasteiger partial charge is 0.258 e. The molecule has 1 aliphatic rings. The first-order chi connectivity index (χ1) is 13.4. The molecule has 1 aliphatic heterocycles. The Labute approximate surface area is 173 Å². The number of ether oxygens (including phenoxy) is 2. The molecule has 4 nitrogen and oxygen atoms in total. The highest BCUT2D eigenvalue weighted by molar-refractivity contribution is 9.10. The second-order valence-corrected chi connectivity index (χ2v) is 8.40. The van der Waals surface area contributed by atoms with Crippen molar-refractivity contribution in [3.8, 4) is 11.5 Å². The third-order valence-corrected chi connectivity index (χ3v) is 5.72. The SMILES string of the molecule is CC1(C)C[C@H](NC(=O)COc2ccc3ccccc3c2Br)c2ccccc2O1. The molecule has 5 heteroatoms. The molecule has 3 aromatic carbocycles. The van der Waals surface area contributed by atoms with E-state index in [9.17, 15) is 4.79 Å². The average molecular weight is 440 g/mol. The molecule has 1 heterocycles. The van der Waals surface area contributed by atoms with Gasteiger partial charge in [0.15, 0.2) is 6.61 Å². The van der Waals surface area contributed by atoms with Crippen LogP contribution in [0.25, 0.3) is 10.8 Å². The first kappa shape index (κ1) is 18.8. The van der Waals surface area contributed by atoms with Crippen LogP contribution in [0.3, 0.4) is 0 Å². The fraction of sp³-hybridized carbons (Fsp3) is 0.261. The zero-order valence-electron chi connectivity index (χ0n) is 15.9. The molecule has 144 valence electrons. The number of hydrogen-bond acceptors (Lipinski definition) is 3. The second kappa shape index (κ2) is 7.47. The molecule has 1 atom stereocenters. The number of rotatable bonds is 4. The number of amides is 1. The van der Waals surface area contributed by atoms with Crippen LogP contribution in [0, 0.1) is 0 Å². The summed E-state index contributed by atoms with van der Waals surface area (Å²) in [6.07, 6.45) is 0.704. The van der Waals surface area contributed by atoms with Crippen molar-refractivity contribution < 1.29 is 14.3 Å². The summed E-state index contributed by atoms with van der Waals surface area (Å²) in [6, 6.07) is 19.7. The molecule has 1 amide bonds. The molecular formula is C23H22BrNO3. The molecule has 28 heavy (non-hydrogen) atoms. The first-order valence-electron chi connectivity index (χ1n) is 9.30. The highest BCUT2D eigenvalue weighted by Gasteiger charge is 2.34. The lowest BCUT2D eigenvalue weighted by atomic mass is 9.90. The van der Waals surface area contributed by atoms with Crippen LogP contribution in [-0.4, -0.2) is 18.1 Å². The zero-order chi connectivity index (χ0) is 19.7. The summed E-state index contributed by atoms with van der Waals surface area (Å²) in [4.78, 5) is 12.6. The van der Waals surface area contributed by atoms with Crippen molar-refractivity contribution in [3.05, 3.63) is 70.7 Å². The fourth-order valence-electron chi connectivity index (χ4n) is 3.64. The van der Waals surface area contributed by atoms with E-state index in [1.54, 1.807) is 0 Å². The van der Waals surface area contributed by atoms with Gasteiger partial charge in [-0.05, 0) is 52.7 Å². The van der Waals surface area contributed by atoms with Crippen molar-refractivity contribution in [2.45, 2.75) is 31.9 Å². The van der Waals surface area contributed by atoms with Crippen molar-refractivity contribution in [3.63, 3.8) is 0 Å². The van der Waals surface area contributed by atoms with Crippen molar-refractivity contribution >= 4 is 32.6 Å². The van der Waals surface area contributed by atoms with E-state index in [4.69, 9.17) is 9.47 Å². The van der Waals surface area contributed by atoms with E-state index < -0.39 is 0 Å². The van der Waals surface area contributed by atoms with Crippen molar-refractivity contribution in [1.82, 2.24) is 5.32 Å². The predicted octanol–water partition coefficient (Wildman–Crippen LogP) is 5.40. The Morgan fingerprint density at radius 2 is 1.89 bits per heavy atom. The second-order valence-electron chi connectivity index (χ2n) is 7.61. The van der Waals surface area contributed by atoms with Crippen LogP contribution in [0.5, 0.6) is 11.5 Å². The lowest BCUT2D eigenvalue weighted by Gasteiger charge is -2.37. The Balaban J connectivity index is 1.46. The maximum absolute atomic E-state index is 12.6. The predicted molar refractivity (Wildman–Crippen MR) is 114 cm³/mol. The van der Waals surface area contributed by atoms with Crippen LogP contribution in [0.15, 0.2) is 65.1 Å². The van der Waals surface area contributed by atoms with Gasteiger partial charge in [0.2, 0.25) is 0 Å². The molecule has 0 fully saturated rings. The highest BCUT2D eigenvalue weighted by Crippen LogP contribution is 2.39. The molecule has 0 aromatic heterocycles. The van der Waals surface area contributed by atoms with E-state index in [2.05, 4.69) is 21.2 Å². The normalized spacial score (nSPS) is 17.5. The summed E-state index contributed by atoms with van der Waals surface area (Å²) in [6.45, 7) is 4.02. The zero-order valence-corrected chi connectivity index (χ0v) is 17.5. The molecule has 1 N–H and O–H groups in total. The molecule has 0 saturated heterocycles. The number of carbonyl (C=O) groups excluding carboxylic acids is 1. The maximum atomic E-state index is 12.6. The third-order valence-electron chi connectivity index (χ3n) is 4.90. The molecule has 0 spiro atoms. The molecule has 0 aliphatic carbocycles. The molecule has 0 bridgehead atoms. The Kier molecular flexibility index (Phi) is 5.02. The summed E-state index contributed by atoms with van der Waals surface area (Å²) < 4.78 is 12.7. The lowest BCUT2D eigenvalue weighted by molar-refractivity contribution is -0.124. The summed E-state index contributed by atoms with van der Waals surface area (Å²) in [7, 11) is 0. The molecule has 4 rings (SSSR count). The van der Waals surface area contributed by atoms with Crippen LogP contribution >= 0.6 is 15.9 Å². The molecular weight excluding hydrogens is 418 g/mol. The van der Waals surface area contributed by atoms with Gasteiger partial charge in [0.05, 0.1) is 10.5 Å². The number of para-hydroxylation sites is 1. The number of fused-ring (bicyclic) bond motifs is 2. The average Bonchev–Trinajstić information content (AvgIpc) is 2.67. The van der Waals surface area contributed by atoms with E-state index in [0.29, 0.717) is 12.2 Å². The van der Waals surface area contributed by atoms with Crippen LogP contribution < -0.4 is 14.8 Å². The minimum absolute atomic E-state index is 0.0447. The number of nitrogens with one attached hydrogen (secondary N) is 1. The van der Waals surface area contributed by atoms with Crippen molar-refractivity contribution in [2.75, 3.05) is 6.61 Å². The van der Waals surface area contributed by atoms with Crippen molar-refractivity contribution in [1.29, 1.82) is 0 Å². The summed E-state index contributed by atoms with van der Waals surface area (Å²) in [5, 5.41) is 5.27. The Bertz CT molecular complexity index is 1030. The Hall–Kier alpha value is -2.53. The number of halogens is 1. The summed E-state index contributed by atoms with van der Waals surface area (Å²) >= 11 is 3.59. The van der Waals surface area contributed by atoms with E-state index in [-0.39, 0.29) is 24.2 Å². The van der Waals surface area contributed by atoms with E-state index in [0.717, 1.165) is 26.6 Å². The van der Waals surface area contributed by atoms with E-state index in [1.165, 1.54) is 0 Å². The van der Waals surface area contributed by atoms with Crippen LogP contribution in [0.4, 0.5) is 0 Å². The van der Waals surface area contributed by atoms with Crippen LogP contribution in [-0.2, 0) is 4.79 Å². The van der Waals surface area contributed by atoms with Gasteiger partial charge in [-0.3, -0.25) is 4.79 Å². The minimum Gasteiger partial charge on any atom is -0.487 e. The van der Waals surface area contributed by atoms with Gasteiger partial charge in [-0.2, -0.15) is 0 Å². The van der Waals surface area contributed by atoms with Gasteiger partial charge in [0, 0.05) is 12.0 Å². The monoisotopic (exact) mass is 439 g/mol. The molecule has 3 aromatic rings. The lowest BCUT2D eigenvalue weighted by Crippen LogP contribution is -2.42. The Morgan fingerprint density at radius 1 is 1.14 bits per heavy atom. The van der Waals surface area contributed by atoms with Gasteiger partial charge in [-0.1, -0.05) is 48.5 Å². The minimum atomic E-state index is -0.339. The van der Waals surface area contributed by atoms with Crippen molar-refractivity contribution in [2.24, 2.45) is 0 Å². The first-order valence-corrected chi connectivity index (χ1v) is 10.1. The number of hydrogen-bond donors (Lipinski definition) is 1. The third kappa shape index (κ3) is 3.85. The molecule has 0 unspecified atom stereocenters. The van der Waals surface area contributed by atoms with E-state index in [1.807, 2.05) is 74.5 Å². The van der Waals surface area contributed by atoms with Gasteiger partial charge in [0.25, 0.3) is 5.91 Å². The van der Waals surface area contributed by atoms with Gasteiger partial charge in [-0.15, -0.1) is 0 Å². The van der Waals surface area contributed by atoms with E-state index >= 15 is 0 Å². The number of carbonyl (C=O) groups is 1. The van der Waals surface area contributed by atoms with Gasteiger partial charge in [0.1, 0.15) is 17.1 Å². The maximum Gasteiger partial charge on any atom is 0.258 e. The topological polar surface area (TPSA) is 47.6 Å². The number of benzene rings is 3. The van der Waals surface area contributed by atoms with Crippen LogP contribution in [0.2, 0.25) is 0 Å². The quantitative estimate of drug-likeness (QED) is 0.591. The summed E-state index contributed by atoms with van der Waals surface area (Å²) in [5.41, 5.74) is 0.663.